The van der Waals surface area contributed by atoms with Gasteiger partial charge >= 0.3 is 0 Å². The van der Waals surface area contributed by atoms with Crippen LogP contribution < -0.4 is 19.6 Å². The highest BCUT2D eigenvalue weighted by Crippen LogP contribution is 2.33. The summed E-state index contributed by atoms with van der Waals surface area (Å²) in [6.07, 6.45) is 3.65. The monoisotopic (exact) mass is 331 g/mol. The number of benzene rings is 1. The highest BCUT2D eigenvalue weighted by molar-refractivity contribution is 5.86. The number of aryl methyl sites for hydroxylation is 1. The van der Waals surface area contributed by atoms with Crippen LogP contribution in [0.2, 0.25) is 0 Å². The molecule has 0 aliphatic carbocycles. The molecule has 128 valence electrons. The van der Waals surface area contributed by atoms with Crippen LogP contribution in [0.15, 0.2) is 35.6 Å². The molecular weight excluding hydrogens is 310 g/mol. The van der Waals surface area contributed by atoms with Crippen molar-refractivity contribution in [3.05, 3.63) is 41.7 Å². The fourth-order valence-corrected chi connectivity index (χ4v) is 2.21. The van der Waals surface area contributed by atoms with Crippen molar-refractivity contribution >= 4 is 12.1 Å². The first-order valence-corrected chi connectivity index (χ1v) is 7.31. The van der Waals surface area contributed by atoms with Crippen LogP contribution in [0.3, 0.4) is 0 Å². The van der Waals surface area contributed by atoms with E-state index in [2.05, 4.69) is 10.5 Å². The Bertz CT molecular complexity index is 737. The predicted molar refractivity (Wildman–Crippen MR) is 91.0 cm³/mol. The molecule has 1 aromatic heterocycles. The van der Waals surface area contributed by atoms with E-state index in [0.29, 0.717) is 22.8 Å². The number of nitrogens with zero attached hydrogens (tertiary/aromatic N) is 2. The molecule has 2 aromatic rings. The van der Waals surface area contributed by atoms with Crippen molar-refractivity contribution in [2.45, 2.75) is 6.42 Å². The van der Waals surface area contributed by atoms with Gasteiger partial charge in [-0.15, -0.1) is 0 Å². The SMILES string of the molecule is COc1cc(OC)c(OC)cc1C=NNC(=O)Cc1cccn1C. The minimum absolute atomic E-state index is 0.201. The molecule has 2 rings (SSSR count). The number of hydrogen-bond acceptors (Lipinski definition) is 5. The van der Waals surface area contributed by atoms with E-state index in [9.17, 15) is 4.79 Å². The molecular formula is C17H21N3O4. The summed E-state index contributed by atoms with van der Waals surface area (Å²) in [6, 6.07) is 7.21. The Balaban J connectivity index is 2.08. The van der Waals surface area contributed by atoms with Crippen LogP contribution in [0.1, 0.15) is 11.3 Å². The number of hydrogen-bond donors (Lipinski definition) is 1. The topological polar surface area (TPSA) is 74.1 Å². The molecule has 0 unspecified atom stereocenters. The van der Waals surface area contributed by atoms with Gasteiger partial charge in [-0.25, -0.2) is 5.43 Å². The fraction of sp³-hybridized carbons (Fsp3) is 0.294. The lowest BCUT2D eigenvalue weighted by atomic mass is 10.2. The molecule has 7 nitrogen and oxygen atoms in total. The van der Waals surface area contributed by atoms with E-state index < -0.39 is 0 Å². The number of ether oxygens (including phenoxy) is 3. The van der Waals surface area contributed by atoms with E-state index in [4.69, 9.17) is 14.2 Å². The Morgan fingerprint density at radius 1 is 1.17 bits per heavy atom. The molecule has 0 saturated carbocycles. The Labute approximate surface area is 140 Å². The van der Waals surface area contributed by atoms with Crippen molar-refractivity contribution in [3.63, 3.8) is 0 Å². The van der Waals surface area contributed by atoms with Crippen molar-refractivity contribution < 1.29 is 19.0 Å². The summed E-state index contributed by atoms with van der Waals surface area (Å²) in [5, 5.41) is 3.98. The second-order valence-corrected chi connectivity index (χ2v) is 5.03. The van der Waals surface area contributed by atoms with Crippen LogP contribution in [-0.2, 0) is 18.3 Å². The van der Waals surface area contributed by atoms with Gasteiger partial charge in [-0.3, -0.25) is 4.79 Å². The number of rotatable bonds is 7. The van der Waals surface area contributed by atoms with Crippen LogP contribution in [0.4, 0.5) is 0 Å². The molecule has 0 spiro atoms. The summed E-state index contributed by atoms with van der Waals surface area (Å²) < 4.78 is 17.7. The van der Waals surface area contributed by atoms with Gasteiger partial charge in [0.25, 0.3) is 0 Å². The van der Waals surface area contributed by atoms with Gasteiger partial charge in [0.1, 0.15) is 5.75 Å². The molecule has 0 radical (unpaired) electrons. The lowest BCUT2D eigenvalue weighted by Crippen LogP contribution is -2.20. The van der Waals surface area contributed by atoms with Gasteiger partial charge < -0.3 is 18.8 Å². The number of nitrogens with one attached hydrogen (secondary N) is 1. The summed E-state index contributed by atoms with van der Waals surface area (Å²) in [4.78, 5) is 11.9. The fourth-order valence-electron chi connectivity index (χ4n) is 2.21. The van der Waals surface area contributed by atoms with Gasteiger partial charge in [0, 0.05) is 30.6 Å². The zero-order valence-corrected chi connectivity index (χ0v) is 14.2. The van der Waals surface area contributed by atoms with Gasteiger partial charge in [-0.05, 0) is 18.2 Å². The molecule has 0 atom stereocenters. The highest BCUT2D eigenvalue weighted by Gasteiger charge is 2.10. The predicted octanol–water partition coefficient (Wildman–Crippen LogP) is 1.74. The zero-order valence-electron chi connectivity index (χ0n) is 14.2. The van der Waals surface area contributed by atoms with Crippen molar-refractivity contribution in [1.29, 1.82) is 0 Å². The lowest BCUT2D eigenvalue weighted by molar-refractivity contribution is -0.120. The average molecular weight is 331 g/mol. The Morgan fingerprint density at radius 3 is 2.42 bits per heavy atom. The molecule has 0 saturated heterocycles. The Hall–Kier alpha value is -2.96. The molecule has 1 N–H and O–H groups in total. The van der Waals surface area contributed by atoms with E-state index in [1.165, 1.54) is 6.21 Å². The number of aromatic nitrogens is 1. The molecule has 1 heterocycles. The van der Waals surface area contributed by atoms with Crippen molar-refractivity contribution in [1.82, 2.24) is 9.99 Å². The second kappa shape index (κ2) is 8.05. The number of hydrazone groups is 1. The Morgan fingerprint density at radius 2 is 1.83 bits per heavy atom. The molecule has 24 heavy (non-hydrogen) atoms. The number of methoxy groups -OCH3 is 3. The van der Waals surface area contributed by atoms with Crippen LogP contribution in [0.5, 0.6) is 17.2 Å². The third kappa shape index (κ3) is 4.07. The summed E-state index contributed by atoms with van der Waals surface area (Å²) in [5.74, 6) is 1.47. The van der Waals surface area contributed by atoms with Gasteiger partial charge in [-0.1, -0.05) is 0 Å². The summed E-state index contributed by atoms with van der Waals surface area (Å²) in [7, 11) is 6.54. The van der Waals surface area contributed by atoms with Crippen molar-refractivity contribution in [2.75, 3.05) is 21.3 Å². The molecule has 0 fully saturated rings. The quantitative estimate of drug-likeness (QED) is 0.619. The van der Waals surface area contributed by atoms with E-state index >= 15 is 0 Å². The normalized spacial score (nSPS) is 10.7. The van der Waals surface area contributed by atoms with Gasteiger partial charge in [0.05, 0.1) is 34.0 Å². The summed E-state index contributed by atoms with van der Waals surface area (Å²) in [5.41, 5.74) is 4.07. The first kappa shape index (κ1) is 17.4. The van der Waals surface area contributed by atoms with Crippen LogP contribution in [0, 0.1) is 0 Å². The number of carbonyl (C=O) groups excluding carboxylic acids is 1. The summed E-state index contributed by atoms with van der Waals surface area (Å²) in [6.45, 7) is 0. The molecule has 0 bridgehead atoms. The number of amides is 1. The van der Waals surface area contributed by atoms with E-state index in [1.54, 1.807) is 33.5 Å². The second-order valence-electron chi connectivity index (χ2n) is 5.03. The highest BCUT2D eigenvalue weighted by atomic mass is 16.5. The van der Waals surface area contributed by atoms with E-state index in [-0.39, 0.29) is 12.3 Å². The Kier molecular flexibility index (Phi) is 5.83. The standard InChI is InChI=1S/C17H21N3O4/c1-20-7-5-6-13(20)9-17(21)19-18-11-12-8-15(23-3)16(24-4)10-14(12)22-2/h5-8,10-11H,9H2,1-4H3,(H,19,21). The van der Waals surface area contributed by atoms with Crippen LogP contribution in [0.25, 0.3) is 0 Å². The van der Waals surface area contributed by atoms with Crippen LogP contribution >= 0.6 is 0 Å². The van der Waals surface area contributed by atoms with Crippen LogP contribution in [-0.4, -0.2) is 38.0 Å². The maximum absolute atomic E-state index is 11.9. The van der Waals surface area contributed by atoms with Gasteiger partial charge in [0.2, 0.25) is 5.91 Å². The zero-order chi connectivity index (χ0) is 17.5. The summed E-state index contributed by atoms with van der Waals surface area (Å²) >= 11 is 0. The smallest absolute Gasteiger partial charge is 0.245 e. The third-order valence-electron chi connectivity index (χ3n) is 3.52. The molecule has 1 amide bonds. The molecule has 7 heteroatoms. The van der Waals surface area contributed by atoms with E-state index in [1.807, 2.05) is 29.9 Å². The first-order chi connectivity index (χ1) is 11.6. The van der Waals surface area contributed by atoms with Gasteiger partial charge in [-0.2, -0.15) is 5.10 Å². The third-order valence-corrected chi connectivity index (χ3v) is 3.52. The first-order valence-electron chi connectivity index (χ1n) is 7.31. The number of carbonyl (C=O) groups is 1. The lowest BCUT2D eigenvalue weighted by Gasteiger charge is -2.11. The maximum Gasteiger partial charge on any atom is 0.245 e. The van der Waals surface area contributed by atoms with E-state index in [0.717, 1.165) is 5.69 Å². The minimum atomic E-state index is -0.201. The van der Waals surface area contributed by atoms with Crippen molar-refractivity contribution in [3.8, 4) is 17.2 Å². The minimum Gasteiger partial charge on any atom is -0.496 e. The largest absolute Gasteiger partial charge is 0.496 e. The molecule has 0 aliphatic heterocycles. The maximum atomic E-state index is 11.9. The van der Waals surface area contributed by atoms with Gasteiger partial charge in [0.15, 0.2) is 11.5 Å². The molecule has 1 aromatic carbocycles. The molecule has 0 aliphatic rings. The van der Waals surface area contributed by atoms with Crippen molar-refractivity contribution in [2.24, 2.45) is 12.1 Å². The average Bonchev–Trinajstić information content (AvgIpc) is 2.99.